The smallest absolute Gasteiger partial charge is 0.267 e. The average Bonchev–Trinajstić information content (AvgIpc) is 2.68. The highest BCUT2D eigenvalue weighted by atomic mass is 32.1. The molecule has 0 radical (unpaired) electrons. The molecule has 4 nitrogen and oxygen atoms in total. The van der Waals surface area contributed by atoms with Crippen LogP contribution in [0, 0.1) is 11.3 Å². The van der Waals surface area contributed by atoms with E-state index in [0.29, 0.717) is 4.96 Å². The van der Waals surface area contributed by atoms with Crippen molar-refractivity contribution < 1.29 is 0 Å². The summed E-state index contributed by atoms with van der Waals surface area (Å²) in [7, 11) is 0. The van der Waals surface area contributed by atoms with Gasteiger partial charge >= 0.3 is 0 Å². The monoisotopic (exact) mass is 227 g/mol. The molecule has 2 heterocycles. The van der Waals surface area contributed by atoms with Crippen LogP contribution in [0.15, 0.2) is 35.3 Å². The molecule has 0 bridgehead atoms. The van der Waals surface area contributed by atoms with E-state index in [-0.39, 0.29) is 11.1 Å². The first kappa shape index (κ1) is 9.07. The second-order valence-corrected chi connectivity index (χ2v) is 4.29. The van der Waals surface area contributed by atoms with Gasteiger partial charge in [-0.25, -0.2) is 9.38 Å². The first-order valence-corrected chi connectivity index (χ1v) is 5.42. The van der Waals surface area contributed by atoms with E-state index in [4.69, 9.17) is 5.26 Å². The maximum absolute atomic E-state index is 11.9. The van der Waals surface area contributed by atoms with Gasteiger partial charge in [-0.3, -0.25) is 4.79 Å². The van der Waals surface area contributed by atoms with E-state index < -0.39 is 0 Å². The zero-order valence-electron chi connectivity index (χ0n) is 8.04. The standard InChI is InChI=1S/C11H5N3OS/c12-5-7-6-13-11-14(10(7)15)8-3-1-2-4-9(8)16-11/h1-4,6H. The number of hydrogen-bond acceptors (Lipinski definition) is 4. The van der Waals surface area contributed by atoms with Gasteiger partial charge in [0, 0.05) is 0 Å². The Morgan fingerprint density at radius 2 is 2.19 bits per heavy atom. The lowest BCUT2D eigenvalue weighted by Gasteiger charge is -1.93. The van der Waals surface area contributed by atoms with E-state index in [1.54, 1.807) is 0 Å². The molecule has 0 saturated heterocycles. The topological polar surface area (TPSA) is 58.2 Å². The molecule has 0 N–H and O–H groups in total. The molecule has 0 amide bonds. The molecular formula is C11H5N3OS. The van der Waals surface area contributed by atoms with Crippen LogP contribution in [0.3, 0.4) is 0 Å². The predicted molar refractivity (Wildman–Crippen MR) is 61.6 cm³/mol. The van der Waals surface area contributed by atoms with Crippen molar-refractivity contribution in [3.8, 4) is 6.07 Å². The quantitative estimate of drug-likeness (QED) is 0.588. The van der Waals surface area contributed by atoms with Gasteiger partial charge in [-0.1, -0.05) is 23.5 Å². The van der Waals surface area contributed by atoms with Crippen molar-refractivity contribution in [1.29, 1.82) is 5.26 Å². The molecule has 3 aromatic rings. The zero-order valence-corrected chi connectivity index (χ0v) is 8.86. The molecule has 16 heavy (non-hydrogen) atoms. The summed E-state index contributed by atoms with van der Waals surface area (Å²) in [6.45, 7) is 0. The van der Waals surface area contributed by atoms with Gasteiger partial charge in [0.2, 0.25) is 0 Å². The number of thiazole rings is 1. The van der Waals surface area contributed by atoms with Crippen LogP contribution in [-0.4, -0.2) is 9.38 Å². The Hall–Kier alpha value is -2.19. The summed E-state index contributed by atoms with van der Waals surface area (Å²) in [5.41, 5.74) is 0.572. The van der Waals surface area contributed by atoms with E-state index >= 15 is 0 Å². The number of benzene rings is 1. The van der Waals surface area contributed by atoms with E-state index in [0.717, 1.165) is 10.2 Å². The third kappa shape index (κ3) is 1.08. The molecule has 0 fully saturated rings. The van der Waals surface area contributed by atoms with Crippen molar-refractivity contribution in [1.82, 2.24) is 9.38 Å². The maximum atomic E-state index is 11.9. The van der Waals surface area contributed by atoms with E-state index in [2.05, 4.69) is 4.98 Å². The summed E-state index contributed by atoms with van der Waals surface area (Å²) in [5.74, 6) is 0. The second-order valence-electron chi connectivity index (χ2n) is 3.28. The first-order chi connectivity index (χ1) is 7.81. The summed E-state index contributed by atoms with van der Waals surface area (Å²) < 4.78 is 2.47. The molecule has 0 saturated carbocycles. The number of rotatable bonds is 0. The minimum Gasteiger partial charge on any atom is -0.267 e. The first-order valence-electron chi connectivity index (χ1n) is 4.60. The van der Waals surface area contributed by atoms with Crippen LogP contribution in [0.5, 0.6) is 0 Å². The van der Waals surface area contributed by atoms with E-state index in [1.165, 1.54) is 21.9 Å². The van der Waals surface area contributed by atoms with Crippen molar-refractivity contribution >= 4 is 26.5 Å². The van der Waals surface area contributed by atoms with Gasteiger partial charge in [0.05, 0.1) is 16.4 Å². The Balaban J connectivity index is 2.65. The van der Waals surface area contributed by atoms with Crippen LogP contribution in [0.1, 0.15) is 5.56 Å². The lowest BCUT2D eigenvalue weighted by Crippen LogP contribution is -2.15. The molecule has 2 aromatic heterocycles. The van der Waals surface area contributed by atoms with Crippen molar-refractivity contribution in [2.24, 2.45) is 0 Å². The fourth-order valence-electron chi connectivity index (χ4n) is 1.63. The van der Waals surface area contributed by atoms with E-state index in [9.17, 15) is 4.79 Å². The van der Waals surface area contributed by atoms with Gasteiger partial charge in [-0.05, 0) is 12.1 Å². The summed E-state index contributed by atoms with van der Waals surface area (Å²) >= 11 is 1.44. The fraction of sp³-hybridized carbons (Fsp3) is 0. The number of nitrogens with zero attached hydrogens (tertiary/aromatic N) is 3. The minimum absolute atomic E-state index is 0.0704. The Labute approximate surface area is 94.0 Å². The summed E-state index contributed by atoms with van der Waals surface area (Å²) in [6, 6.07) is 9.40. The molecule has 0 aliphatic carbocycles. The van der Waals surface area contributed by atoms with Crippen LogP contribution in [0.4, 0.5) is 0 Å². The molecule has 0 spiro atoms. The fourth-order valence-corrected chi connectivity index (χ4v) is 2.61. The number of nitriles is 1. The van der Waals surface area contributed by atoms with Crippen molar-refractivity contribution in [3.05, 3.63) is 46.4 Å². The van der Waals surface area contributed by atoms with Gasteiger partial charge in [-0.2, -0.15) is 5.26 Å². The van der Waals surface area contributed by atoms with Crippen LogP contribution in [-0.2, 0) is 0 Å². The van der Waals surface area contributed by atoms with Gasteiger partial charge in [0.25, 0.3) is 5.56 Å². The SMILES string of the molecule is N#Cc1cnc2sc3ccccc3n2c1=O. The minimum atomic E-state index is -0.301. The molecule has 0 aliphatic rings. The molecule has 0 atom stereocenters. The van der Waals surface area contributed by atoms with Gasteiger partial charge < -0.3 is 0 Å². The Morgan fingerprint density at radius 1 is 1.38 bits per heavy atom. The highest BCUT2D eigenvalue weighted by Crippen LogP contribution is 2.22. The van der Waals surface area contributed by atoms with Crippen molar-refractivity contribution in [3.63, 3.8) is 0 Å². The predicted octanol–water partition coefficient (Wildman–Crippen LogP) is 1.78. The zero-order chi connectivity index (χ0) is 11.1. The molecule has 0 unspecified atom stereocenters. The van der Waals surface area contributed by atoms with Crippen molar-refractivity contribution in [2.45, 2.75) is 0 Å². The lowest BCUT2D eigenvalue weighted by molar-refractivity contribution is 1.10. The second kappa shape index (κ2) is 3.15. The average molecular weight is 227 g/mol. The van der Waals surface area contributed by atoms with Crippen LogP contribution in [0.2, 0.25) is 0 Å². The third-order valence-corrected chi connectivity index (χ3v) is 3.39. The molecule has 76 valence electrons. The number of hydrogen-bond donors (Lipinski definition) is 0. The van der Waals surface area contributed by atoms with Gasteiger partial charge in [0.15, 0.2) is 4.96 Å². The number of aromatic nitrogens is 2. The van der Waals surface area contributed by atoms with Crippen LogP contribution < -0.4 is 5.56 Å². The Bertz CT molecular complexity index is 794. The van der Waals surface area contributed by atoms with Crippen LogP contribution in [0.25, 0.3) is 15.2 Å². The summed E-state index contributed by atoms with van der Waals surface area (Å²) in [4.78, 5) is 16.7. The molecule has 5 heteroatoms. The Kier molecular flexibility index (Phi) is 1.79. The molecular weight excluding hydrogens is 222 g/mol. The number of para-hydroxylation sites is 1. The maximum Gasteiger partial charge on any atom is 0.276 e. The normalized spacial score (nSPS) is 10.7. The highest BCUT2D eigenvalue weighted by Gasteiger charge is 2.09. The van der Waals surface area contributed by atoms with Gasteiger partial charge in [0.1, 0.15) is 11.6 Å². The third-order valence-electron chi connectivity index (χ3n) is 2.36. The number of fused-ring (bicyclic) bond motifs is 3. The lowest BCUT2D eigenvalue weighted by atomic mass is 10.3. The summed E-state index contributed by atoms with van der Waals surface area (Å²) in [6.07, 6.45) is 1.33. The molecule has 1 aromatic carbocycles. The molecule has 3 rings (SSSR count). The van der Waals surface area contributed by atoms with Gasteiger partial charge in [-0.15, -0.1) is 0 Å². The van der Waals surface area contributed by atoms with E-state index in [1.807, 2.05) is 30.3 Å². The highest BCUT2D eigenvalue weighted by molar-refractivity contribution is 7.23. The molecule has 0 aliphatic heterocycles. The van der Waals surface area contributed by atoms with Crippen LogP contribution >= 0.6 is 11.3 Å². The largest absolute Gasteiger partial charge is 0.276 e. The Morgan fingerprint density at radius 3 is 3.00 bits per heavy atom. The van der Waals surface area contributed by atoms with Crippen molar-refractivity contribution in [2.75, 3.05) is 0 Å². The summed E-state index contributed by atoms with van der Waals surface area (Å²) in [5, 5.41) is 8.79.